The summed E-state index contributed by atoms with van der Waals surface area (Å²) in [6.45, 7) is 1.56. The molecule has 0 unspecified atom stereocenters. The van der Waals surface area contributed by atoms with Crippen molar-refractivity contribution in [3.8, 4) is 0 Å². The quantitative estimate of drug-likeness (QED) is 0.566. The van der Waals surface area contributed by atoms with E-state index in [2.05, 4.69) is 4.98 Å². The Labute approximate surface area is 99.8 Å². The van der Waals surface area contributed by atoms with Gasteiger partial charge in [0.1, 0.15) is 5.78 Å². The minimum atomic E-state index is 0.0101. The molecule has 3 nitrogen and oxygen atoms in total. The maximum absolute atomic E-state index is 11.7. The number of aromatic nitrogens is 1. The molecule has 0 bridgehead atoms. The maximum atomic E-state index is 11.7. The lowest BCUT2D eigenvalue weighted by Crippen LogP contribution is -2.01. The number of halogens is 1. The van der Waals surface area contributed by atoms with Crippen LogP contribution in [-0.4, -0.2) is 16.6 Å². The molecule has 0 aliphatic carbocycles. The van der Waals surface area contributed by atoms with Gasteiger partial charge in [0.25, 0.3) is 0 Å². The molecule has 0 saturated carbocycles. The summed E-state index contributed by atoms with van der Waals surface area (Å²) in [6.07, 6.45) is 5.45. The Morgan fingerprint density at radius 3 is 2.62 bits per heavy atom. The lowest BCUT2D eigenvalue weighted by atomic mass is 10.1. The average molecular weight is 240 g/mol. The molecular formula is C12H14ClNO2. The number of rotatable bonds is 6. The van der Waals surface area contributed by atoms with E-state index in [1.54, 1.807) is 19.2 Å². The third kappa shape index (κ3) is 4.11. The first-order valence-corrected chi connectivity index (χ1v) is 5.61. The number of hydrogen-bond donors (Lipinski definition) is 0. The predicted molar refractivity (Wildman–Crippen MR) is 62.7 cm³/mol. The van der Waals surface area contributed by atoms with Crippen molar-refractivity contribution in [2.24, 2.45) is 0 Å². The van der Waals surface area contributed by atoms with E-state index in [0.717, 1.165) is 12.8 Å². The van der Waals surface area contributed by atoms with Crippen molar-refractivity contribution in [1.82, 2.24) is 4.98 Å². The Morgan fingerprint density at radius 1 is 1.31 bits per heavy atom. The van der Waals surface area contributed by atoms with Crippen LogP contribution in [0.2, 0.25) is 5.02 Å². The van der Waals surface area contributed by atoms with Crippen molar-refractivity contribution in [2.75, 3.05) is 0 Å². The smallest absolute Gasteiger partial charge is 0.164 e. The summed E-state index contributed by atoms with van der Waals surface area (Å²) in [4.78, 5) is 26.2. The molecule has 86 valence electrons. The summed E-state index contributed by atoms with van der Waals surface area (Å²) in [6, 6.07) is 1.62. The van der Waals surface area contributed by atoms with Crippen LogP contribution in [0, 0.1) is 0 Å². The normalized spacial score (nSPS) is 10.1. The van der Waals surface area contributed by atoms with Crippen molar-refractivity contribution in [1.29, 1.82) is 0 Å². The molecule has 16 heavy (non-hydrogen) atoms. The summed E-state index contributed by atoms with van der Waals surface area (Å²) in [5.74, 6) is 0.172. The lowest BCUT2D eigenvalue weighted by molar-refractivity contribution is -0.117. The fourth-order valence-electron chi connectivity index (χ4n) is 1.40. The van der Waals surface area contributed by atoms with Gasteiger partial charge in [0, 0.05) is 30.8 Å². The second-order valence-corrected chi connectivity index (χ2v) is 4.10. The third-order valence-corrected chi connectivity index (χ3v) is 2.56. The van der Waals surface area contributed by atoms with Gasteiger partial charge in [0.05, 0.1) is 5.02 Å². The molecule has 0 spiro atoms. The predicted octanol–water partition coefficient (Wildman–Crippen LogP) is 3.07. The Morgan fingerprint density at radius 2 is 2.00 bits per heavy atom. The number of pyridine rings is 1. The van der Waals surface area contributed by atoms with Crippen LogP contribution in [0.15, 0.2) is 18.5 Å². The van der Waals surface area contributed by atoms with Crippen LogP contribution in [0.3, 0.4) is 0 Å². The van der Waals surface area contributed by atoms with E-state index in [1.807, 2.05) is 0 Å². The Kier molecular flexibility index (Phi) is 5.12. The molecule has 0 fully saturated rings. The van der Waals surface area contributed by atoms with Crippen molar-refractivity contribution in [2.45, 2.75) is 32.6 Å². The lowest BCUT2D eigenvalue weighted by Gasteiger charge is -2.02. The summed E-state index contributed by atoms with van der Waals surface area (Å²) < 4.78 is 0. The molecule has 1 aromatic rings. The zero-order valence-corrected chi connectivity index (χ0v) is 9.96. The molecule has 0 atom stereocenters. The van der Waals surface area contributed by atoms with Gasteiger partial charge in [0.2, 0.25) is 0 Å². The average Bonchev–Trinajstić information content (AvgIpc) is 2.24. The Hall–Kier alpha value is -1.22. The number of Topliss-reactive ketones (excluding diaryl/α,β-unsaturated/α-hetero) is 2. The highest BCUT2D eigenvalue weighted by Crippen LogP contribution is 2.16. The van der Waals surface area contributed by atoms with Crippen LogP contribution < -0.4 is 0 Å². The van der Waals surface area contributed by atoms with Gasteiger partial charge in [-0.3, -0.25) is 9.78 Å². The summed E-state index contributed by atoms with van der Waals surface area (Å²) in [5.41, 5.74) is 0.513. The first-order valence-electron chi connectivity index (χ1n) is 5.23. The van der Waals surface area contributed by atoms with Gasteiger partial charge in [-0.05, 0) is 25.8 Å². The van der Waals surface area contributed by atoms with Gasteiger partial charge >= 0.3 is 0 Å². The van der Waals surface area contributed by atoms with Crippen molar-refractivity contribution < 1.29 is 9.59 Å². The van der Waals surface area contributed by atoms with E-state index in [4.69, 9.17) is 11.6 Å². The van der Waals surface area contributed by atoms with Crippen LogP contribution in [0.25, 0.3) is 0 Å². The van der Waals surface area contributed by atoms with E-state index in [1.165, 1.54) is 6.20 Å². The van der Waals surface area contributed by atoms with Crippen LogP contribution >= 0.6 is 11.6 Å². The highest BCUT2D eigenvalue weighted by Gasteiger charge is 2.09. The molecule has 0 aromatic carbocycles. The summed E-state index contributed by atoms with van der Waals surface area (Å²) in [7, 11) is 0. The van der Waals surface area contributed by atoms with Gasteiger partial charge in [-0.1, -0.05) is 11.6 Å². The molecule has 1 heterocycles. The van der Waals surface area contributed by atoms with Gasteiger partial charge in [-0.15, -0.1) is 0 Å². The van der Waals surface area contributed by atoms with E-state index in [0.29, 0.717) is 23.4 Å². The fourth-order valence-corrected chi connectivity index (χ4v) is 1.62. The second-order valence-electron chi connectivity index (χ2n) is 3.69. The Balaban J connectivity index is 2.41. The highest BCUT2D eigenvalue weighted by molar-refractivity contribution is 6.33. The zero-order valence-electron chi connectivity index (χ0n) is 9.20. The van der Waals surface area contributed by atoms with E-state index in [9.17, 15) is 9.59 Å². The third-order valence-electron chi connectivity index (χ3n) is 2.26. The van der Waals surface area contributed by atoms with Crippen LogP contribution in [0.5, 0.6) is 0 Å². The molecule has 0 amide bonds. The van der Waals surface area contributed by atoms with Crippen molar-refractivity contribution >= 4 is 23.2 Å². The number of nitrogens with zero attached hydrogens (tertiary/aromatic N) is 1. The molecule has 1 aromatic heterocycles. The minimum absolute atomic E-state index is 0.0101. The molecule has 0 aliphatic rings. The SMILES string of the molecule is CC(=O)CCCCC(=O)c1ccncc1Cl. The Bertz CT molecular complexity index is 390. The van der Waals surface area contributed by atoms with Gasteiger partial charge in [-0.25, -0.2) is 0 Å². The molecule has 4 heteroatoms. The molecule has 0 N–H and O–H groups in total. The van der Waals surface area contributed by atoms with Crippen LogP contribution in [0.1, 0.15) is 43.0 Å². The highest BCUT2D eigenvalue weighted by atomic mass is 35.5. The van der Waals surface area contributed by atoms with Crippen molar-refractivity contribution in [3.05, 3.63) is 29.0 Å². The summed E-state index contributed by atoms with van der Waals surface area (Å²) >= 11 is 5.84. The maximum Gasteiger partial charge on any atom is 0.164 e. The fraction of sp³-hybridized carbons (Fsp3) is 0.417. The molecule has 0 radical (unpaired) electrons. The number of carbonyl (C=O) groups excluding carboxylic acids is 2. The number of hydrogen-bond acceptors (Lipinski definition) is 3. The van der Waals surface area contributed by atoms with Gasteiger partial charge < -0.3 is 4.79 Å². The topological polar surface area (TPSA) is 47.0 Å². The first-order chi connectivity index (χ1) is 7.61. The first kappa shape index (κ1) is 12.8. The minimum Gasteiger partial charge on any atom is -0.300 e. The molecule has 1 rings (SSSR count). The molecule has 0 aliphatic heterocycles. The van der Waals surface area contributed by atoms with E-state index in [-0.39, 0.29) is 11.6 Å². The van der Waals surface area contributed by atoms with Crippen LogP contribution in [0.4, 0.5) is 0 Å². The van der Waals surface area contributed by atoms with E-state index < -0.39 is 0 Å². The van der Waals surface area contributed by atoms with E-state index >= 15 is 0 Å². The monoisotopic (exact) mass is 239 g/mol. The van der Waals surface area contributed by atoms with Gasteiger partial charge in [0.15, 0.2) is 5.78 Å². The second kappa shape index (κ2) is 6.38. The number of ketones is 2. The van der Waals surface area contributed by atoms with Crippen molar-refractivity contribution in [3.63, 3.8) is 0 Å². The number of unbranched alkanes of at least 4 members (excludes halogenated alkanes) is 1. The zero-order chi connectivity index (χ0) is 12.0. The van der Waals surface area contributed by atoms with Gasteiger partial charge in [-0.2, -0.15) is 0 Å². The van der Waals surface area contributed by atoms with Crippen LogP contribution in [-0.2, 0) is 4.79 Å². The molecule has 0 saturated heterocycles. The number of carbonyl (C=O) groups is 2. The largest absolute Gasteiger partial charge is 0.300 e. The standard InChI is InChI=1S/C12H14ClNO2/c1-9(15)4-2-3-5-12(16)10-6-7-14-8-11(10)13/h6-8H,2-5H2,1H3. The summed E-state index contributed by atoms with van der Waals surface area (Å²) in [5, 5.41) is 0.388. The molecular weight excluding hydrogens is 226 g/mol.